The smallest absolute Gasteiger partial charge is 0.142 e. The number of hydrogen-bond donors (Lipinski definition) is 1. The molecule has 0 radical (unpaired) electrons. The van der Waals surface area contributed by atoms with Gasteiger partial charge in [-0.3, -0.25) is 0 Å². The van der Waals surface area contributed by atoms with Crippen LogP contribution in [0.5, 0.6) is 5.75 Å². The predicted octanol–water partition coefficient (Wildman–Crippen LogP) is 4.70. The second-order valence-electron chi connectivity index (χ2n) is 5.30. The highest BCUT2D eigenvalue weighted by atomic mass is 35.5. The lowest BCUT2D eigenvalue weighted by atomic mass is 10.2. The van der Waals surface area contributed by atoms with Crippen molar-refractivity contribution in [2.24, 2.45) is 7.05 Å². The third-order valence-corrected chi connectivity index (χ3v) is 3.99. The number of aryl methyl sites for hydroxylation is 1. The summed E-state index contributed by atoms with van der Waals surface area (Å²) in [5.41, 5.74) is 4.77. The van der Waals surface area contributed by atoms with Crippen LogP contribution in [0, 0.1) is 13.8 Å². The Balaban J connectivity index is 2.14. The topological polar surface area (TPSA) is 26.2 Å². The minimum Gasteiger partial charge on any atom is -0.491 e. The van der Waals surface area contributed by atoms with Crippen LogP contribution >= 0.6 is 11.6 Å². The van der Waals surface area contributed by atoms with Gasteiger partial charge in [0.05, 0.1) is 12.3 Å². The summed E-state index contributed by atoms with van der Waals surface area (Å²) >= 11 is 6.09. The molecular weight excluding hydrogens is 284 g/mol. The normalized spacial score (nSPS) is 10.7. The van der Waals surface area contributed by atoms with Gasteiger partial charge in [-0.2, -0.15) is 0 Å². The Labute approximate surface area is 131 Å². The van der Waals surface area contributed by atoms with Crippen molar-refractivity contribution < 1.29 is 4.74 Å². The van der Waals surface area contributed by atoms with Crippen LogP contribution in [0.25, 0.3) is 0 Å². The van der Waals surface area contributed by atoms with E-state index >= 15 is 0 Å². The van der Waals surface area contributed by atoms with Gasteiger partial charge in [0.1, 0.15) is 5.75 Å². The molecule has 21 heavy (non-hydrogen) atoms. The molecule has 0 amide bonds. The maximum Gasteiger partial charge on any atom is 0.142 e. The molecule has 2 aromatic rings. The molecule has 0 aliphatic carbocycles. The molecule has 0 saturated carbocycles. The Morgan fingerprint density at radius 3 is 2.62 bits per heavy atom. The first-order chi connectivity index (χ1) is 10.0. The van der Waals surface area contributed by atoms with Crippen molar-refractivity contribution in [3.8, 4) is 5.75 Å². The van der Waals surface area contributed by atoms with Crippen molar-refractivity contribution in [3.05, 3.63) is 46.2 Å². The highest BCUT2D eigenvalue weighted by molar-refractivity contribution is 6.30. The van der Waals surface area contributed by atoms with Gasteiger partial charge in [-0.25, -0.2) is 0 Å². The lowest BCUT2D eigenvalue weighted by Gasteiger charge is -2.13. The average molecular weight is 307 g/mol. The lowest BCUT2D eigenvalue weighted by molar-refractivity contribution is 0.319. The Bertz CT molecular complexity index is 619. The molecule has 1 N–H and O–H groups in total. The van der Waals surface area contributed by atoms with Crippen molar-refractivity contribution in [1.29, 1.82) is 0 Å². The molecule has 4 heteroatoms. The van der Waals surface area contributed by atoms with Gasteiger partial charge >= 0.3 is 0 Å². The van der Waals surface area contributed by atoms with Crippen LogP contribution in [0.1, 0.15) is 30.3 Å². The number of ether oxygens (including phenoxy) is 1. The highest BCUT2D eigenvalue weighted by Gasteiger charge is 2.08. The van der Waals surface area contributed by atoms with Gasteiger partial charge in [0.15, 0.2) is 0 Å². The second kappa shape index (κ2) is 6.90. The number of nitrogens with zero attached hydrogens (tertiary/aromatic N) is 1. The van der Waals surface area contributed by atoms with E-state index in [9.17, 15) is 0 Å². The molecule has 0 aliphatic rings. The number of anilines is 1. The largest absolute Gasteiger partial charge is 0.491 e. The van der Waals surface area contributed by atoms with Crippen molar-refractivity contribution in [2.45, 2.75) is 33.7 Å². The molecule has 3 nitrogen and oxygen atoms in total. The van der Waals surface area contributed by atoms with Crippen LogP contribution in [-0.4, -0.2) is 11.2 Å². The molecule has 0 fully saturated rings. The van der Waals surface area contributed by atoms with Crippen LogP contribution in [0.4, 0.5) is 5.69 Å². The van der Waals surface area contributed by atoms with Crippen LogP contribution in [0.15, 0.2) is 24.3 Å². The van der Waals surface area contributed by atoms with Crippen molar-refractivity contribution in [1.82, 2.24) is 4.57 Å². The molecule has 0 unspecified atom stereocenters. The Kier molecular flexibility index (Phi) is 5.18. The standard InChI is InChI=1S/C17H23ClN2O/c1-5-8-21-17-7-6-15(18)10-16(17)19-11-14-9-12(2)20(4)13(14)3/h6-7,9-10,19H,5,8,11H2,1-4H3. The zero-order valence-electron chi connectivity index (χ0n) is 13.2. The Morgan fingerprint density at radius 1 is 1.24 bits per heavy atom. The fourth-order valence-corrected chi connectivity index (χ4v) is 2.45. The number of rotatable bonds is 6. The summed E-state index contributed by atoms with van der Waals surface area (Å²) in [5.74, 6) is 0.853. The maximum absolute atomic E-state index is 6.09. The number of halogens is 1. The first-order valence-corrected chi connectivity index (χ1v) is 7.68. The monoisotopic (exact) mass is 306 g/mol. The van der Waals surface area contributed by atoms with Crippen molar-refractivity contribution >= 4 is 17.3 Å². The van der Waals surface area contributed by atoms with Gasteiger partial charge in [-0.1, -0.05) is 18.5 Å². The lowest BCUT2D eigenvalue weighted by Crippen LogP contribution is -2.04. The fraction of sp³-hybridized carbons (Fsp3) is 0.412. The molecule has 0 saturated heterocycles. The summed E-state index contributed by atoms with van der Waals surface area (Å²) < 4.78 is 7.96. The first-order valence-electron chi connectivity index (χ1n) is 7.31. The number of aromatic nitrogens is 1. The van der Waals surface area contributed by atoms with E-state index in [0.29, 0.717) is 11.6 Å². The van der Waals surface area contributed by atoms with E-state index in [2.05, 4.69) is 43.8 Å². The van der Waals surface area contributed by atoms with Gasteiger partial charge in [0, 0.05) is 30.0 Å². The van der Waals surface area contributed by atoms with Crippen molar-refractivity contribution in [3.63, 3.8) is 0 Å². The molecule has 1 aromatic heterocycles. The maximum atomic E-state index is 6.09. The summed E-state index contributed by atoms with van der Waals surface area (Å²) in [6.07, 6.45) is 0.985. The van der Waals surface area contributed by atoms with E-state index < -0.39 is 0 Å². The predicted molar refractivity (Wildman–Crippen MR) is 89.5 cm³/mol. The van der Waals surface area contributed by atoms with E-state index in [1.807, 2.05) is 18.2 Å². The zero-order valence-corrected chi connectivity index (χ0v) is 13.9. The Morgan fingerprint density at radius 2 is 2.00 bits per heavy atom. The molecule has 0 aliphatic heterocycles. The zero-order chi connectivity index (χ0) is 15.4. The Hall–Kier alpha value is -1.61. The van der Waals surface area contributed by atoms with E-state index in [0.717, 1.165) is 24.4 Å². The molecule has 0 atom stereocenters. The van der Waals surface area contributed by atoms with Gasteiger partial charge in [0.2, 0.25) is 0 Å². The first kappa shape index (κ1) is 15.8. The van der Waals surface area contributed by atoms with Crippen LogP contribution < -0.4 is 10.1 Å². The summed E-state index contributed by atoms with van der Waals surface area (Å²) in [7, 11) is 2.09. The van der Waals surface area contributed by atoms with Gasteiger partial charge in [-0.05, 0) is 50.1 Å². The number of hydrogen-bond acceptors (Lipinski definition) is 2. The van der Waals surface area contributed by atoms with Crippen LogP contribution in [-0.2, 0) is 13.6 Å². The molecule has 114 valence electrons. The van der Waals surface area contributed by atoms with Gasteiger partial charge < -0.3 is 14.6 Å². The van der Waals surface area contributed by atoms with Gasteiger partial charge in [0.25, 0.3) is 0 Å². The van der Waals surface area contributed by atoms with E-state index in [1.54, 1.807) is 0 Å². The van der Waals surface area contributed by atoms with Crippen LogP contribution in [0.2, 0.25) is 5.02 Å². The molecule has 1 heterocycles. The number of benzene rings is 1. The van der Waals surface area contributed by atoms with E-state index in [-0.39, 0.29) is 0 Å². The summed E-state index contributed by atoms with van der Waals surface area (Å²) in [5, 5.41) is 4.15. The van der Waals surface area contributed by atoms with Crippen LogP contribution in [0.3, 0.4) is 0 Å². The molecule has 2 rings (SSSR count). The highest BCUT2D eigenvalue weighted by Crippen LogP contribution is 2.29. The average Bonchev–Trinajstić information content (AvgIpc) is 2.71. The minimum atomic E-state index is 0.708. The molecular formula is C17H23ClN2O. The molecule has 1 aromatic carbocycles. The molecule has 0 bridgehead atoms. The van der Waals surface area contributed by atoms with Crippen molar-refractivity contribution in [2.75, 3.05) is 11.9 Å². The minimum absolute atomic E-state index is 0.708. The second-order valence-corrected chi connectivity index (χ2v) is 5.73. The quantitative estimate of drug-likeness (QED) is 0.837. The fourth-order valence-electron chi connectivity index (χ4n) is 2.28. The summed E-state index contributed by atoms with van der Waals surface area (Å²) in [6.45, 7) is 7.82. The third kappa shape index (κ3) is 3.73. The molecule has 0 spiro atoms. The van der Waals surface area contributed by atoms with E-state index in [1.165, 1.54) is 17.0 Å². The third-order valence-electron chi connectivity index (χ3n) is 3.75. The number of nitrogens with one attached hydrogen (secondary N) is 1. The SMILES string of the molecule is CCCOc1ccc(Cl)cc1NCc1cc(C)n(C)c1C. The summed E-state index contributed by atoms with van der Waals surface area (Å²) in [4.78, 5) is 0. The summed E-state index contributed by atoms with van der Waals surface area (Å²) in [6, 6.07) is 7.90. The van der Waals surface area contributed by atoms with Gasteiger partial charge in [-0.15, -0.1) is 0 Å². The van der Waals surface area contributed by atoms with E-state index in [4.69, 9.17) is 16.3 Å².